The van der Waals surface area contributed by atoms with Gasteiger partial charge in [-0.2, -0.15) is 39.5 Å². The van der Waals surface area contributed by atoms with Gasteiger partial charge in [0.1, 0.15) is 5.75 Å². The van der Waals surface area contributed by atoms with Crippen LogP contribution in [-0.2, 0) is 72.6 Å². The molecule has 0 fully saturated rings. The van der Waals surface area contributed by atoms with E-state index in [2.05, 4.69) is 159 Å². The van der Waals surface area contributed by atoms with Gasteiger partial charge in [0.15, 0.2) is 17.1 Å². The average Bonchev–Trinajstić information content (AvgIpc) is 1.62. The molecule has 143 heavy (non-hydrogen) atoms. The number of nitrogens with zero attached hydrogens (tertiary/aromatic N) is 15. The molecule has 2 N–H and O–H groups in total. The van der Waals surface area contributed by atoms with Crippen LogP contribution in [0.3, 0.4) is 0 Å². The van der Waals surface area contributed by atoms with Crippen LogP contribution in [0, 0.1) is 27.7 Å². The monoisotopic (exact) mass is 1940 g/mol. The molecule has 8 aliphatic heterocycles. The number of aromatic amines is 2. The zero-order valence-corrected chi connectivity index (χ0v) is 85.7. The van der Waals surface area contributed by atoms with Crippen LogP contribution in [0.25, 0.3) is 61.5 Å². The lowest BCUT2D eigenvalue weighted by molar-refractivity contribution is 0.0935. The summed E-state index contributed by atoms with van der Waals surface area (Å²) >= 11 is 6.07. The average molecular weight is 1940 g/mol. The number of rotatable bonds is 29. The van der Waals surface area contributed by atoms with Crippen molar-refractivity contribution in [1.29, 1.82) is 0 Å². The minimum atomic E-state index is -0.141. The Bertz CT molecular complexity index is 7250. The van der Waals surface area contributed by atoms with Crippen LogP contribution in [0.4, 0.5) is 0 Å². The second kappa shape index (κ2) is 45.1. The molecule has 0 saturated carbocycles. The summed E-state index contributed by atoms with van der Waals surface area (Å²) in [5.41, 5.74) is 42.4. The van der Waals surface area contributed by atoms with E-state index in [4.69, 9.17) is 40.0 Å². The first-order valence-electron chi connectivity index (χ1n) is 48.5. The largest absolute Gasteiger partial charge is 0.497 e. The molecular formula is C114H124ClN17O11. The Morgan fingerprint density at radius 2 is 0.797 bits per heavy atom. The Kier molecular flexibility index (Phi) is 32.0. The summed E-state index contributed by atoms with van der Waals surface area (Å²) in [6.45, 7) is 29.3. The highest BCUT2D eigenvalue weighted by Crippen LogP contribution is 2.41. The number of fused-ring (bicyclic) bond motifs is 5. The molecule has 0 radical (unpaired) electrons. The third kappa shape index (κ3) is 22.7. The summed E-state index contributed by atoms with van der Waals surface area (Å²) in [4.78, 5) is 86.4. The molecule has 0 spiro atoms. The van der Waals surface area contributed by atoms with Crippen molar-refractivity contribution in [3.8, 4) is 73.1 Å². The number of nitrogens with one attached hydrogen (secondary N) is 2. The highest BCUT2D eigenvalue weighted by atomic mass is 35.5. The number of ether oxygens (including phenoxy) is 6. The van der Waals surface area contributed by atoms with Crippen molar-refractivity contribution in [2.24, 2.45) is 20.0 Å². The van der Waals surface area contributed by atoms with E-state index in [0.717, 1.165) is 273 Å². The molecule has 0 atom stereocenters. The van der Waals surface area contributed by atoms with E-state index >= 15 is 0 Å². The van der Waals surface area contributed by atoms with Gasteiger partial charge >= 0.3 is 0 Å². The summed E-state index contributed by atoms with van der Waals surface area (Å²) in [5.74, 6) is 1.76. The van der Waals surface area contributed by atoms with Crippen LogP contribution in [0.15, 0.2) is 249 Å². The van der Waals surface area contributed by atoms with E-state index in [0.29, 0.717) is 54.8 Å². The lowest BCUT2D eigenvalue weighted by atomic mass is 9.92. The summed E-state index contributed by atoms with van der Waals surface area (Å²) in [7, 11) is 9.78. The minimum absolute atomic E-state index is 0.0593. The zero-order chi connectivity index (χ0) is 101. The highest BCUT2D eigenvalue weighted by Gasteiger charge is 2.33. The summed E-state index contributed by atoms with van der Waals surface area (Å²) < 4.78 is 39.7. The number of methoxy groups -OCH3 is 6. The van der Waals surface area contributed by atoms with Crippen molar-refractivity contribution in [2.75, 3.05) is 68.8 Å². The van der Waals surface area contributed by atoms with Crippen molar-refractivity contribution < 1.29 is 47.6 Å². The first-order valence-corrected chi connectivity index (χ1v) is 48.9. The number of carbonyl (C=O) groups is 4. The molecule has 0 saturated heterocycles. The summed E-state index contributed by atoms with van der Waals surface area (Å²) in [5, 5.41) is 29.3. The molecule has 12 aromatic rings. The molecule has 0 bridgehead atoms. The van der Waals surface area contributed by atoms with Crippen LogP contribution < -0.4 is 19.8 Å². The number of allylic oxidation sites excluding steroid dienone is 12. The second-order valence-corrected chi connectivity index (χ2v) is 37.9. The van der Waals surface area contributed by atoms with Gasteiger partial charge in [0.25, 0.3) is 29.2 Å². The number of carbonyl (C=O) groups excluding carboxylic acids is 4. The zero-order valence-electron chi connectivity index (χ0n) is 84.9. The number of benzene rings is 5. The maximum Gasteiger partial charge on any atom is 0.272 e. The number of hydrogen-bond donors (Lipinski definition) is 2. The normalized spacial score (nSPS) is 15.2. The van der Waals surface area contributed by atoms with E-state index in [1.165, 1.54) is 64.9 Å². The molecule has 5 aromatic carbocycles. The Morgan fingerprint density at radius 1 is 0.385 bits per heavy atom. The molecule has 15 heterocycles. The van der Waals surface area contributed by atoms with Gasteiger partial charge in [-0.05, 0) is 262 Å². The molecule has 7 aromatic heterocycles. The van der Waals surface area contributed by atoms with E-state index in [-0.39, 0.29) is 29.2 Å². The van der Waals surface area contributed by atoms with Crippen molar-refractivity contribution in [3.05, 3.63) is 314 Å². The van der Waals surface area contributed by atoms with Gasteiger partial charge in [-0.3, -0.25) is 54.1 Å². The van der Waals surface area contributed by atoms with Crippen molar-refractivity contribution in [1.82, 2.24) is 63.9 Å². The van der Waals surface area contributed by atoms with E-state index < -0.39 is 0 Å². The number of H-pyrrole nitrogens is 2. The molecule has 0 aliphatic carbocycles. The molecular weight excluding hydrogens is 1820 g/mol. The SMILES string of the molecule is COCc1nn2c(c1-c1ccc(C)cc1)CC(CCC1=C(C)CN=C1C)=CC2=O.COCc1nn2c(c1-c1ccc(Cl)cc1)CC(CCC1=C(C)CN=C1C)=CC2=O.COCc1nn2c(c1-c1ccccc1)CC(CCC1=C(C)CN=C1C)=CC2=O.COc1ccc(-c2cc3nc(CCc4c(C)n[nH]c4C)cc(=O)n3[nH]2)cc1OC.COc1cccc(-c2nn3c(c2C)CC(CCC2=C(C)CN=C2C)=CC3=O)c1. The lowest BCUT2D eigenvalue weighted by Gasteiger charge is -2.16. The van der Waals surface area contributed by atoms with E-state index in [9.17, 15) is 24.0 Å². The van der Waals surface area contributed by atoms with Gasteiger partial charge in [0, 0.05) is 151 Å². The first kappa shape index (κ1) is 101. The Morgan fingerprint density at radius 3 is 1.20 bits per heavy atom. The Hall–Kier alpha value is -14.6. The quantitative estimate of drug-likeness (QED) is 0.0440. The van der Waals surface area contributed by atoms with Crippen molar-refractivity contribution in [2.45, 2.75) is 193 Å². The number of aliphatic imine (C=N–C) groups is 4. The van der Waals surface area contributed by atoms with Gasteiger partial charge in [-0.1, -0.05) is 118 Å². The second-order valence-electron chi connectivity index (χ2n) is 37.5. The van der Waals surface area contributed by atoms with Crippen LogP contribution in [0.5, 0.6) is 17.2 Å². The van der Waals surface area contributed by atoms with Crippen molar-refractivity contribution in [3.63, 3.8) is 0 Å². The van der Waals surface area contributed by atoms with Gasteiger partial charge in [-0.15, -0.1) is 0 Å². The third-order valence-electron chi connectivity index (χ3n) is 27.8. The topological polar surface area (TPSA) is 323 Å². The van der Waals surface area contributed by atoms with Crippen molar-refractivity contribution >= 4 is 63.7 Å². The number of aromatic nitrogens is 13. The molecule has 28 nitrogen and oxygen atoms in total. The number of aryl methyl sites for hydroxylation is 4. The van der Waals surface area contributed by atoms with E-state index in [1.807, 2.05) is 112 Å². The summed E-state index contributed by atoms with van der Waals surface area (Å²) in [6.07, 6.45) is 18.5. The van der Waals surface area contributed by atoms with Crippen LogP contribution in [0.1, 0.15) is 200 Å². The predicted octanol–water partition coefficient (Wildman–Crippen LogP) is 21.5. The van der Waals surface area contributed by atoms with Gasteiger partial charge in [0.05, 0.1) is 124 Å². The molecule has 8 aliphatic rings. The number of halogens is 1. The molecule has 0 unspecified atom stereocenters. The minimum Gasteiger partial charge on any atom is -0.497 e. The molecule has 0 amide bonds. The maximum absolute atomic E-state index is 12.8. The molecule has 29 heteroatoms. The number of hydrogen-bond acceptors (Lipinski definition) is 21. The van der Waals surface area contributed by atoms with Gasteiger partial charge in [-0.25, -0.2) is 14.2 Å². The van der Waals surface area contributed by atoms with Crippen LogP contribution >= 0.6 is 11.6 Å². The Balaban J connectivity index is 0.000000128. The fraction of sp³-hybridized carbons (Fsp3) is 0.342. The third-order valence-corrected chi connectivity index (χ3v) is 28.0. The fourth-order valence-electron chi connectivity index (χ4n) is 20.0. The predicted molar refractivity (Wildman–Crippen MR) is 563 cm³/mol. The van der Waals surface area contributed by atoms with Crippen LogP contribution in [0.2, 0.25) is 5.02 Å². The smallest absolute Gasteiger partial charge is 0.272 e. The van der Waals surface area contributed by atoms with Crippen LogP contribution in [-0.4, -0.2) is 179 Å². The molecule has 20 rings (SSSR count). The standard InChI is InChI=1S/C24H27N3O2.C23H24ClN3O2.2C23H25N3O2.C21H23N5O3/c1-15-5-8-19(9-6-15)24-21(14-29-4)26-27-22(24)11-18(12-23(27)28)7-10-20-16(2)13-25-17(20)3;1-14-12-25-15(2)19(14)9-4-16-10-21-23(17-5-7-18(24)8-6-17)20(13-29-3)26-27(21)22(28)11-16;1-14-13-24-16(3)20(14)9-8-17-10-21-15(2)23(25-26(21)22(27)11-17)18-6-5-7-19(12-18)28-4;1-15-13-24-16(2)19(15)10-9-17-11-21-23(18-7-5-4-6-8-18)20(14-28-3)25-26(21)22(27)12-17;1-12-16(13(2)24-23-12)7-6-15-10-21(27)26-20(22-15)11-17(25-26)14-5-8-18(28-3)19(9-14)29-4/h5-6,8-9,12H,7,10-11,13-14H2,1-4H3;5-8,11H,4,9-10,12-13H2,1-3H3;5-7,11-12H,8-10,13H2,1-4H3;4-8,12H,9-11,13-14H2,1-3H3;5,8-11,25H,6-7H2,1-4H3,(H,23,24). The summed E-state index contributed by atoms with van der Waals surface area (Å²) in [6, 6.07) is 43.0. The molecule has 738 valence electrons. The van der Waals surface area contributed by atoms with E-state index in [1.54, 1.807) is 87.1 Å². The lowest BCUT2D eigenvalue weighted by Crippen LogP contribution is -2.19. The van der Waals surface area contributed by atoms with Gasteiger partial charge in [0.2, 0.25) is 0 Å². The first-order chi connectivity index (χ1) is 69.0. The maximum atomic E-state index is 12.8. The fourth-order valence-corrected chi connectivity index (χ4v) is 20.1. The Labute approximate surface area is 838 Å². The highest BCUT2D eigenvalue weighted by molar-refractivity contribution is 6.30. The van der Waals surface area contributed by atoms with Gasteiger partial charge < -0.3 is 28.4 Å².